The van der Waals surface area contributed by atoms with Crippen molar-refractivity contribution >= 4 is 5.69 Å². The van der Waals surface area contributed by atoms with Crippen LogP contribution in [-0.4, -0.2) is 31.3 Å². The van der Waals surface area contributed by atoms with Crippen LogP contribution in [0, 0.1) is 0 Å². The predicted octanol–water partition coefficient (Wildman–Crippen LogP) is 2.50. The van der Waals surface area contributed by atoms with E-state index in [1.165, 1.54) is 6.08 Å². The van der Waals surface area contributed by atoms with Crippen molar-refractivity contribution in [1.82, 2.24) is 10.3 Å². The number of anilines is 1. The molecule has 0 amide bonds. The van der Waals surface area contributed by atoms with Crippen molar-refractivity contribution in [2.45, 2.75) is 19.1 Å². The molecule has 0 saturated heterocycles. The van der Waals surface area contributed by atoms with Gasteiger partial charge in [0.2, 0.25) is 0 Å². The summed E-state index contributed by atoms with van der Waals surface area (Å²) in [6, 6.07) is 1.88. The minimum Gasteiger partial charge on any atom is -0.366 e. The van der Waals surface area contributed by atoms with Crippen molar-refractivity contribution in [2.24, 2.45) is 0 Å². The Labute approximate surface area is 110 Å². The summed E-state index contributed by atoms with van der Waals surface area (Å²) in [7, 11) is 1.84. The third-order valence-electron chi connectivity index (χ3n) is 3.17. The van der Waals surface area contributed by atoms with Crippen molar-refractivity contribution in [1.29, 1.82) is 0 Å². The van der Waals surface area contributed by atoms with Gasteiger partial charge in [0.15, 0.2) is 0 Å². The Hall–Kier alpha value is -1.56. The number of nitrogens with one attached hydrogen (secondary N) is 1. The predicted molar refractivity (Wildman–Crippen MR) is 68.0 cm³/mol. The number of hydrogen-bond acceptors (Lipinski definition) is 3. The molecular weight excluding hydrogens is 255 g/mol. The maximum Gasteiger partial charge on any atom is 0.412 e. The van der Waals surface area contributed by atoms with Crippen molar-refractivity contribution in [3.8, 4) is 0 Å². The Kier molecular flexibility index (Phi) is 4.09. The normalized spacial score (nSPS) is 16.4. The molecule has 0 aromatic carbocycles. The first kappa shape index (κ1) is 13.9. The van der Waals surface area contributed by atoms with Crippen LogP contribution >= 0.6 is 0 Å². The van der Waals surface area contributed by atoms with Crippen molar-refractivity contribution < 1.29 is 13.2 Å². The van der Waals surface area contributed by atoms with Crippen molar-refractivity contribution in [2.75, 3.05) is 25.0 Å². The third-order valence-corrected chi connectivity index (χ3v) is 3.17. The lowest BCUT2D eigenvalue weighted by Crippen LogP contribution is -2.32. The Bertz CT molecular complexity index is 468. The van der Waals surface area contributed by atoms with Crippen LogP contribution in [0.1, 0.15) is 12.0 Å². The minimum atomic E-state index is -4.20. The molecule has 1 aliphatic rings. The van der Waals surface area contributed by atoms with Gasteiger partial charge in [-0.05, 0) is 25.1 Å². The van der Waals surface area contributed by atoms with E-state index in [2.05, 4.69) is 10.3 Å². The molecule has 2 heterocycles. The maximum absolute atomic E-state index is 12.6. The molecule has 3 nitrogen and oxygen atoms in total. The molecule has 104 valence electrons. The summed E-state index contributed by atoms with van der Waals surface area (Å²) in [4.78, 5) is 5.98. The Morgan fingerprint density at radius 1 is 1.42 bits per heavy atom. The van der Waals surface area contributed by atoms with Gasteiger partial charge in [0.05, 0.1) is 11.9 Å². The molecule has 19 heavy (non-hydrogen) atoms. The molecule has 0 saturated carbocycles. The molecule has 0 fully saturated rings. The summed E-state index contributed by atoms with van der Waals surface area (Å²) in [5.74, 6) is 0. The highest BCUT2D eigenvalue weighted by Gasteiger charge is 2.34. The summed E-state index contributed by atoms with van der Waals surface area (Å²) >= 11 is 0. The lowest BCUT2D eigenvalue weighted by molar-refractivity contribution is -0.0943. The summed E-state index contributed by atoms with van der Waals surface area (Å²) in [5.41, 5.74) is 1.51. The van der Waals surface area contributed by atoms with E-state index >= 15 is 0 Å². The van der Waals surface area contributed by atoms with Crippen LogP contribution in [0.5, 0.6) is 0 Å². The zero-order valence-electron chi connectivity index (χ0n) is 10.7. The first-order valence-electron chi connectivity index (χ1n) is 6.11. The van der Waals surface area contributed by atoms with Gasteiger partial charge in [-0.3, -0.25) is 4.98 Å². The van der Waals surface area contributed by atoms with Gasteiger partial charge in [0.1, 0.15) is 0 Å². The van der Waals surface area contributed by atoms with Crippen LogP contribution in [0.3, 0.4) is 0 Å². The lowest BCUT2D eigenvalue weighted by Gasteiger charge is -2.30. The molecule has 0 aliphatic carbocycles. The number of rotatable bonds is 3. The smallest absolute Gasteiger partial charge is 0.366 e. The Morgan fingerprint density at radius 2 is 2.21 bits per heavy atom. The van der Waals surface area contributed by atoms with Crippen molar-refractivity contribution in [3.63, 3.8) is 0 Å². The number of alkyl halides is 3. The zero-order valence-corrected chi connectivity index (χ0v) is 10.7. The van der Waals surface area contributed by atoms with Crippen LogP contribution in [0.15, 0.2) is 30.1 Å². The molecule has 6 heteroatoms. The zero-order chi connectivity index (χ0) is 13.9. The van der Waals surface area contributed by atoms with E-state index in [4.69, 9.17) is 0 Å². The van der Waals surface area contributed by atoms with E-state index in [1.807, 2.05) is 18.0 Å². The van der Waals surface area contributed by atoms with E-state index in [1.54, 1.807) is 12.4 Å². The molecule has 2 rings (SSSR count). The first-order chi connectivity index (χ1) is 9.02. The van der Waals surface area contributed by atoms with Gasteiger partial charge < -0.3 is 10.2 Å². The standard InChI is InChI=1S/C13H16F3N3/c1-17-8-10-2-5-18-9-12(10)19-6-3-11(4-7-19)13(14,15)16/h2-3,5,9,17H,4,6-8H2,1H3. The minimum absolute atomic E-state index is 0.0252. The second-order valence-electron chi connectivity index (χ2n) is 4.46. The van der Waals surface area contributed by atoms with Crippen LogP contribution < -0.4 is 10.2 Å². The molecule has 0 bridgehead atoms. The highest BCUT2D eigenvalue weighted by atomic mass is 19.4. The van der Waals surface area contributed by atoms with Gasteiger partial charge in [-0.25, -0.2) is 0 Å². The number of aromatic nitrogens is 1. The number of hydrogen-bond donors (Lipinski definition) is 1. The SMILES string of the molecule is CNCc1ccncc1N1CC=C(C(F)(F)F)CC1. The highest BCUT2D eigenvalue weighted by molar-refractivity contribution is 5.53. The fourth-order valence-corrected chi connectivity index (χ4v) is 2.19. The number of pyridine rings is 1. The first-order valence-corrected chi connectivity index (χ1v) is 6.11. The van der Waals surface area contributed by atoms with Gasteiger partial charge in [0.25, 0.3) is 0 Å². The molecule has 1 aliphatic heterocycles. The average molecular weight is 271 g/mol. The maximum atomic E-state index is 12.6. The van der Waals surface area contributed by atoms with E-state index in [9.17, 15) is 13.2 Å². The van der Waals surface area contributed by atoms with Crippen LogP contribution in [-0.2, 0) is 6.54 Å². The Morgan fingerprint density at radius 3 is 2.79 bits per heavy atom. The fourth-order valence-electron chi connectivity index (χ4n) is 2.19. The third kappa shape index (κ3) is 3.26. The molecule has 0 unspecified atom stereocenters. The average Bonchev–Trinajstić information content (AvgIpc) is 2.39. The lowest BCUT2D eigenvalue weighted by atomic mass is 10.1. The quantitative estimate of drug-likeness (QED) is 0.856. The van der Waals surface area contributed by atoms with E-state index in [-0.39, 0.29) is 13.0 Å². The van der Waals surface area contributed by atoms with Crippen LogP contribution in [0.2, 0.25) is 0 Å². The van der Waals surface area contributed by atoms with E-state index in [0.717, 1.165) is 11.3 Å². The Balaban J connectivity index is 2.16. The molecule has 1 aromatic rings. The van der Waals surface area contributed by atoms with Gasteiger partial charge in [-0.1, -0.05) is 6.08 Å². The second-order valence-corrected chi connectivity index (χ2v) is 4.46. The van der Waals surface area contributed by atoms with E-state index in [0.29, 0.717) is 13.1 Å². The van der Waals surface area contributed by atoms with Gasteiger partial charge >= 0.3 is 6.18 Å². The second kappa shape index (κ2) is 5.61. The van der Waals surface area contributed by atoms with Crippen molar-refractivity contribution in [3.05, 3.63) is 35.7 Å². The molecule has 0 radical (unpaired) electrons. The highest BCUT2D eigenvalue weighted by Crippen LogP contribution is 2.32. The molecule has 1 N–H and O–H groups in total. The van der Waals surface area contributed by atoms with Gasteiger partial charge in [0, 0.05) is 31.4 Å². The number of nitrogens with zero attached hydrogens (tertiary/aromatic N) is 2. The van der Waals surface area contributed by atoms with Gasteiger partial charge in [-0.2, -0.15) is 13.2 Å². The summed E-state index contributed by atoms with van der Waals surface area (Å²) < 4.78 is 37.7. The molecular formula is C13H16F3N3. The largest absolute Gasteiger partial charge is 0.412 e. The summed E-state index contributed by atoms with van der Waals surface area (Å²) in [6.45, 7) is 1.31. The molecule has 1 aromatic heterocycles. The topological polar surface area (TPSA) is 28.2 Å². The van der Waals surface area contributed by atoms with Gasteiger partial charge in [-0.15, -0.1) is 0 Å². The molecule has 0 atom stereocenters. The summed E-state index contributed by atoms with van der Waals surface area (Å²) in [5, 5.41) is 3.05. The fraction of sp³-hybridized carbons (Fsp3) is 0.462. The monoisotopic (exact) mass is 271 g/mol. The molecule has 0 spiro atoms. The van der Waals surface area contributed by atoms with E-state index < -0.39 is 11.7 Å². The summed E-state index contributed by atoms with van der Waals surface area (Å²) in [6.07, 6.45) is 0.488. The van der Waals surface area contributed by atoms with Crippen LogP contribution in [0.25, 0.3) is 0 Å². The van der Waals surface area contributed by atoms with Crippen LogP contribution in [0.4, 0.5) is 18.9 Å². The number of halogens is 3.